The molecule has 0 aliphatic heterocycles. The predicted molar refractivity (Wildman–Crippen MR) is 77.1 cm³/mol. The molecule has 1 amide bonds. The lowest BCUT2D eigenvalue weighted by Gasteiger charge is -2.06. The normalized spacial score (nSPS) is 9.59. The highest BCUT2D eigenvalue weighted by atomic mass is 16.6. The Kier molecular flexibility index (Phi) is 4.67. The third-order valence-electron chi connectivity index (χ3n) is 2.75. The summed E-state index contributed by atoms with van der Waals surface area (Å²) < 4.78 is 4.99. The summed E-state index contributed by atoms with van der Waals surface area (Å²) in [6.07, 6.45) is -0.684. The maximum Gasteiger partial charge on any atom is 0.412 e. The monoisotopic (exact) mass is 297 g/mol. The number of nitriles is 1. The van der Waals surface area contributed by atoms with Gasteiger partial charge in [-0.2, -0.15) is 5.26 Å². The van der Waals surface area contributed by atoms with E-state index in [-0.39, 0.29) is 18.0 Å². The van der Waals surface area contributed by atoms with Crippen molar-refractivity contribution in [2.24, 2.45) is 0 Å². The number of amides is 1. The molecule has 1 N–H and O–H groups in total. The Morgan fingerprint density at radius 3 is 2.64 bits per heavy atom. The molecule has 0 atom stereocenters. The molecule has 0 aliphatic rings. The molecule has 0 aliphatic carbocycles. The summed E-state index contributed by atoms with van der Waals surface area (Å²) in [5, 5.41) is 21.8. The number of carbonyl (C=O) groups is 1. The lowest BCUT2D eigenvalue weighted by Crippen LogP contribution is -2.26. The minimum absolute atomic E-state index is 0.0823. The van der Waals surface area contributed by atoms with Gasteiger partial charge in [0.15, 0.2) is 0 Å². The SMILES string of the molecule is N#Cc1cccc(CNC(=O)Oc2ccc([N+](=O)[O-])cc2)c1. The number of hydrogen-bond donors (Lipinski definition) is 1. The van der Waals surface area contributed by atoms with E-state index in [0.717, 1.165) is 5.56 Å². The van der Waals surface area contributed by atoms with E-state index in [1.165, 1.54) is 24.3 Å². The van der Waals surface area contributed by atoms with Gasteiger partial charge in [0, 0.05) is 18.7 Å². The van der Waals surface area contributed by atoms with Crippen molar-refractivity contribution in [3.05, 3.63) is 69.8 Å². The van der Waals surface area contributed by atoms with Crippen LogP contribution in [0.4, 0.5) is 10.5 Å². The van der Waals surface area contributed by atoms with Crippen LogP contribution in [0.25, 0.3) is 0 Å². The molecule has 0 saturated carbocycles. The van der Waals surface area contributed by atoms with Crippen LogP contribution < -0.4 is 10.1 Å². The fourth-order valence-corrected chi connectivity index (χ4v) is 1.70. The van der Waals surface area contributed by atoms with Crippen LogP contribution in [-0.4, -0.2) is 11.0 Å². The number of nitrogens with one attached hydrogen (secondary N) is 1. The number of nitro groups is 1. The number of ether oxygens (including phenoxy) is 1. The van der Waals surface area contributed by atoms with Gasteiger partial charge in [0.25, 0.3) is 5.69 Å². The largest absolute Gasteiger partial charge is 0.412 e. The Balaban J connectivity index is 1.90. The van der Waals surface area contributed by atoms with Crippen molar-refractivity contribution in [2.45, 2.75) is 6.54 Å². The summed E-state index contributed by atoms with van der Waals surface area (Å²) in [5.41, 5.74) is 1.18. The lowest BCUT2D eigenvalue weighted by molar-refractivity contribution is -0.384. The molecule has 7 heteroatoms. The third-order valence-corrected chi connectivity index (χ3v) is 2.75. The smallest absolute Gasteiger partial charge is 0.410 e. The number of non-ortho nitro benzene ring substituents is 1. The zero-order valence-corrected chi connectivity index (χ0v) is 11.4. The Labute approximate surface area is 125 Å². The minimum Gasteiger partial charge on any atom is -0.410 e. The van der Waals surface area contributed by atoms with Crippen molar-refractivity contribution in [1.82, 2.24) is 5.32 Å². The predicted octanol–water partition coefficient (Wildman–Crippen LogP) is 2.76. The van der Waals surface area contributed by atoms with Crippen LogP contribution in [0.5, 0.6) is 5.75 Å². The summed E-state index contributed by atoms with van der Waals surface area (Å²) in [4.78, 5) is 21.6. The zero-order chi connectivity index (χ0) is 15.9. The summed E-state index contributed by atoms with van der Waals surface area (Å²) in [5.74, 6) is 0.203. The molecule has 0 spiro atoms. The van der Waals surface area contributed by atoms with Crippen molar-refractivity contribution < 1.29 is 14.5 Å². The number of nitrogens with zero attached hydrogens (tertiary/aromatic N) is 2. The molecule has 2 aromatic carbocycles. The van der Waals surface area contributed by atoms with Crippen molar-refractivity contribution in [3.63, 3.8) is 0 Å². The second kappa shape index (κ2) is 6.85. The summed E-state index contributed by atoms with van der Waals surface area (Å²) in [6, 6.07) is 14.0. The van der Waals surface area contributed by atoms with Crippen LogP contribution in [0, 0.1) is 21.4 Å². The maximum absolute atomic E-state index is 11.6. The quantitative estimate of drug-likeness (QED) is 0.690. The first-order valence-corrected chi connectivity index (χ1v) is 6.27. The topological polar surface area (TPSA) is 105 Å². The molecule has 0 bridgehead atoms. The molecule has 2 aromatic rings. The van der Waals surface area contributed by atoms with Crippen LogP contribution in [0.2, 0.25) is 0 Å². The maximum atomic E-state index is 11.6. The lowest BCUT2D eigenvalue weighted by atomic mass is 10.1. The number of carbonyl (C=O) groups excluding carboxylic acids is 1. The first-order valence-electron chi connectivity index (χ1n) is 6.27. The Morgan fingerprint density at radius 2 is 2.00 bits per heavy atom. The van der Waals surface area contributed by atoms with E-state index in [4.69, 9.17) is 10.00 Å². The summed E-state index contributed by atoms with van der Waals surface area (Å²) in [6.45, 7) is 0.210. The average Bonchev–Trinajstić information content (AvgIpc) is 2.53. The molecule has 0 heterocycles. The summed E-state index contributed by atoms with van der Waals surface area (Å²) >= 11 is 0. The first-order chi connectivity index (χ1) is 10.6. The Morgan fingerprint density at radius 1 is 1.27 bits per heavy atom. The van der Waals surface area contributed by atoms with Gasteiger partial charge in [0.05, 0.1) is 16.6 Å². The molecular weight excluding hydrogens is 286 g/mol. The van der Waals surface area contributed by atoms with E-state index < -0.39 is 11.0 Å². The van der Waals surface area contributed by atoms with Crippen LogP contribution in [-0.2, 0) is 6.54 Å². The average molecular weight is 297 g/mol. The molecule has 22 heavy (non-hydrogen) atoms. The standard InChI is InChI=1S/C15H11N3O4/c16-9-11-2-1-3-12(8-11)10-17-15(19)22-14-6-4-13(5-7-14)18(20)21/h1-8H,10H2,(H,17,19). The van der Waals surface area contributed by atoms with E-state index in [1.54, 1.807) is 24.3 Å². The molecule has 0 radical (unpaired) electrons. The number of hydrogen-bond acceptors (Lipinski definition) is 5. The van der Waals surface area contributed by atoms with Gasteiger partial charge in [-0.3, -0.25) is 10.1 Å². The van der Waals surface area contributed by atoms with Crippen molar-refractivity contribution in [1.29, 1.82) is 5.26 Å². The summed E-state index contributed by atoms with van der Waals surface area (Å²) in [7, 11) is 0. The van der Waals surface area contributed by atoms with E-state index in [9.17, 15) is 14.9 Å². The molecule has 0 saturated heterocycles. The van der Waals surface area contributed by atoms with Crippen LogP contribution in [0.15, 0.2) is 48.5 Å². The van der Waals surface area contributed by atoms with Crippen LogP contribution >= 0.6 is 0 Å². The second-order valence-electron chi connectivity index (χ2n) is 4.31. The van der Waals surface area contributed by atoms with Gasteiger partial charge in [-0.1, -0.05) is 12.1 Å². The Bertz CT molecular complexity index is 735. The fourth-order valence-electron chi connectivity index (χ4n) is 1.70. The van der Waals surface area contributed by atoms with Crippen molar-refractivity contribution >= 4 is 11.8 Å². The fraction of sp³-hybridized carbons (Fsp3) is 0.0667. The van der Waals surface area contributed by atoms with Gasteiger partial charge in [0.2, 0.25) is 0 Å². The van der Waals surface area contributed by atoms with Crippen molar-refractivity contribution in [3.8, 4) is 11.8 Å². The van der Waals surface area contributed by atoms with E-state index in [2.05, 4.69) is 5.32 Å². The molecule has 2 rings (SSSR count). The number of nitro benzene ring substituents is 1. The van der Waals surface area contributed by atoms with E-state index in [0.29, 0.717) is 5.56 Å². The molecule has 0 aromatic heterocycles. The van der Waals surface area contributed by atoms with Gasteiger partial charge in [-0.25, -0.2) is 4.79 Å². The second-order valence-corrected chi connectivity index (χ2v) is 4.31. The highest BCUT2D eigenvalue weighted by Gasteiger charge is 2.08. The number of benzene rings is 2. The highest BCUT2D eigenvalue weighted by Crippen LogP contribution is 2.17. The van der Waals surface area contributed by atoms with Crippen LogP contribution in [0.3, 0.4) is 0 Å². The minimum atomic E-state index is -0.684. The highest BCUT2D eigenvalue weighted by molar-refractivity contribution is 5.70. The Hall–Kier alpha value is -3.40. The van der Waals surface area contributed by atoms with Gasteiger partial charge in [0.1, 0.15) is 5.75 Å². The third kappa shape index (κ3) is 4.05. The van der Waals surface area contributed by atoms with Gasteiger partial charge in [-0.15, -0.1) is 0 Å². The molecule has 110 valence electrons. The van der Waals surface area contributed by atoms with Gasteiger partial charge >= 0.3 is 6.09 Å². The molecule has 0 fully saturated rings. The first kappa shape index (κ1) is 15.0. The van der Waals surface area contributed by atoms with Crippen molar-refractivity contribution in [2.75, 3.05) is 0 Å². The number of rotatable bonds is 4. The molecule has 0 unspecified atom stereocenters. The van der Waals surface area contributed by atoms with E-state index in [1.807, 2.05) is 6.07 Å². The molecular formula is C15H11N3O4. The molecule has 7 nitrogen and oxygen atoms in total. The van der Waals surface area contributed by atoms with Crippen LogP contribution in [0.1, 0.15) is 11.1 Å². The van der Waals surface area contributed by atoms with Gasteiger partial charge < -0.3 is 10.1 Å². The zero-order valence-electron chi connectivity index (χ0n) is 11.4. The van der Waals surface area contributed by atoms with Gasteiger partial charge in [-0.05, 0) is 29.8 Å². The van der Waals surface area contributed by atoms with E-state index >= 15 is 0 Å².